The summed E-state index contributed by atoms with van der Waals surface area (Å²) < 4.78 is 5.14. The minimum atomic E-state index is -1.10. The van der Waals surface area contributed by atoms with Gasteiger partial charge in [-0.3, -0.25) is 9.69 Å². The molecule has 12 heteroatoms. The van der Waals surface area contributed by atoms with Crippen LogP contribution >= 0.6 is 0 Å². The summed E-state index contributed by atoms with van der Waals surface area (Å²) in [5.41, 5.74) is 5.57. The highest BCUT2D eigenvalue weighted by atomic mass is 16.6. The maximum absolute atomic E-state index is 11.6. The summed E-state index contributed by atoms with van der Waals surface area (Å²) in [6.45, 7) is 7.79. The largest absolute Gasteiger partial charge is 0.465 e. The molecule has 162 valence electrons. The molecule has 1 aromatic rings. The summed E-state index contributed by atoms with van der Waals surface area (Å²) in [6.07, 6.45) is 0.257. The van der Waals surface area contributed by atoms with Gasteiger partial charge in [-0.25, -0.2) is 9.59 Å². The number of nitrogens with zero attached hydrogens (tertiary/aromatic N) is 4. The van der Waals surface area contributed by atoms with E-state index in [1.165, 1.54) is 15.9 Å². The van der Waals surface area contributed by atoms with Gasteiger partial charge in [0.15, 0.2) is 0 Å². The molecular formula is C17H29N7O5. The topological polar surface area (TPSA) is 165 Å². The second-order valence-electron chi connectivity index (χ2n) is 7.90. The molecule has 1 aromatic heterocycles. The highest BCUT2D eigenvalue weighted by molar-refractivity contribution is 5.88. The second kappa shape index (κ2) is 9.07. The molecule has 2 rings (SSSR count). The maximum atomic E-state index is 11.6. The number of carboxylic acid groups (broad SMARTS) is 1. The minimum Gasteiger partial charge on any atom is -0.465 e. The van der Waals surface area contributed by atoms with Gasteiger partial charge in [0.1, 0.15) is 17.3 Å². The van der Waals surface area contributed by atoms with Crippen molar-refractivity contribution in [1.29, 1.82) is 0 Å². The van der Waals surface area contributed by atoms with Gasteiger partial charge in [-0.2, -0.15) is 15.0 Å². The number of rotatable bonds is 8. The lowest BCUT2D eigenvalue weighted by molar-refractivity contribution is -0.130. The lowest BCUT2D eigenvalue weighted by atomic mass is 10.0. The van der Waals surface area contributed by atoms with E-state index in [-0.39, 0.29) is 25.0 Å². The molecule has 3 atom stereocenters. The zero-order valence-corrected chi connectivity index (χ0v) is 17.1. The standard InChI is InChI=1S/C17H29N7O5/c1-10(11-8-20-24(22-11)9-12-13(18)14(25)21-12)23(16(27)28)7-5-6-19-15(26)29-17(2,3)4/h8,10,12-13H,5-7,9,18H2,1-4H3,(H,19,26)(H,21,25)(H,27,28)/t10?,12-,13-/m0/s1. The Balaban J connectivity index is 1.84. The van der Waals surface area contributed by atoms with Gasteiger partial charge in [-0.1, -0.05) is 0 Å². The predicted molar refractivity (Wildman–Crippen MR) is 102 cm³/mol. The van der Waals surface area contributed by atoms with E-state index in [1.54, 1.807) is 27.7 Å². The molecule has 3 amide bonds. The van der Waals surface area contributed by atoms with Crippen molar-refractivity contribution in [3.8, 4) is 0 Å². The van der Waals surface area contributed by atoms with Crippen molar-refractivity contribution < 1.29 is 24.2 Å². The Morgan fingerprint density at radius 3 is 2.72 bits per heavy atom. The number of carbonyl (C=O) groups is 3. The maximum Gasteiger partial charge on any atom is 0.407 e. The summed E-state index contributed by atoms with van der Waals surface area (Å²) in [5.74, 6) is -0.215. The lowest BCUT2D eigenvalue weighted by Gasteiger charge is -2.33. The average molecular weight is 411 g/mol. The number of carbonyl (C=O) groups excluding carboxylic acids is 2. The van der Waals surface area contributed by atoms with Crippen LogP contribution in [0.3, 0.4) is 0 Å². The molecule has 0 spiro atoms. The van der Waals surface area contributed by atoms with Crippen molar-refractivity contribution in [3.63, 3.8) is 0 Å². The van der Waals surface area contributed by atoms with Crippen molar-refractivity contribution in [2.24, 2.45) is 5.73 Å². The molecule has 5 N–H and O–H groups in total. The third-order valence-corrected chi connectivity index (χ3v) is 4.36. The highest BCUT2D eigenvalue weighted by Crippen LogP contribution is 2.18. The van der Waals surface area contributed by atoms with E-state index in [0.29, 0.717) is 18.7 Å². The van der Waals surface area contributed by atoms with E-state index in [9.17, 15) is 19.5 Å². The molecule has 1 fully saturated rings. The monoisotopic (exact) mass is 411 g/mol. The Morgan fingerprint density at radius 2 is 2.17 bits per heavy atom. The van der Waals surface area contributed by atoms with E-state index in [1.807, 2.05) is 0 Å². The molecule has 0 bridgehead atoms. The fraction of sp³-hybridized carbons (Fsp3) is 0.706. The van der Waals surface area contributed by atoms with Crippen LogP contribution in [0.5, 0.6) is 0 Å². The first kappa shape index (κ1) is 22.4. The van der Waals surface area contributed by atoms with Crippen LogP contribution in [0.4, 0.5) is 9.59 Å². The third-order valence-electron chi connectivity index (χ3n) is 4.36. The number of amides is 3. The molecule has 1 saturated heterocycles. The molecule has 1 unspecified atom stereocenters. The number of nitrogens with one attached hydrogen (secondary N) is 2. The summed E-state index contributed by atoms with van der Waals surface area (Å²) in [6, 6.07) is -1.37. The minimum absolute atomic E-state index is 0.197. The first-order valence-corrected chi connectivity index (χ1v) is 9.40. The SMILES string of the molecule is CC(c1cnn(C[C@@H]2NC(=O)[C@H]2N)n1)N(CCCNC(=O)OC(C)(C)C)C(=O)O. The van der Waals surface area contributed by atoms with Gasteiger partial charge in [0, 0.05) is 13.1 Å². The van der Waals surface area contributed by atoms with Crippen molar-refractivity contribution in [3.05, 3.63) is 11.9 Å². The van der Waals surface area contributed by atoms with Gasteiger partial charge in [-0.15, -0.1) is 0 Å². The number of aromatic nitrogens is 3. The van der Waals surface area contributed by atoms with Crippen LogP contribution in [0, 0.1) is 0 Å². The van der Waals surface area contributed by atoms with Gasteiger partial charge < -0.3 is 26.2 Å². The Bertz CT molecular complexity index is 745. The summed E-state index contributed by atoms with van der Waals surface area (Å²) in [7, 11) is 0. The molecule has 0 aromatic carbocycles. The van der Waals surface area contributed by atoms with Crippen molar-refractivity contribution in [1.82, 2.24) is 30.5 Å². The highest BCUT2D eigenvalue weighted by Gasteiger charge is 2.36. The Labute approximate surface area is 168 Å². The number of alkyl carbamates (subject to hydrolysis) is 1. The van der Waals surface area contributed by atoms with Crippen LogP contribution < -0.4 is 16.4 Å². The van der Waals surface area contributed by atoms with Crippen LogP contribution in [0.25, 0.3) is 0 Å². The predicted octanol–water partition coefficient (Wildman–Crippen LogP) is 0.0596. The van der Waals surface area contributed by atoms with Crippen LogP contribution in [0.1, 0.15) is 45.9 Å². The van der Waals surface area contributed by atoms with Crippen LogP contribution in [-0.4, -0.2) is 73.9 Å². The third kappa shape index (κ3) is 6.31. The number of hydrogen-bond acceptors (Lipinski definition) is 7. The first-order chi connectivity index (χ1) is 13.5. The quantitative estimate of drug-likeness (QED) is 0.344. The molecule has 0 saturated carbocycles. The average Bonchev–Trinajstić information content (AvgIpc) is 3.07. The summed E-state index contributed by atoms with van der Waals surface area (Å²) in [5, 5.41) is 23.2. The fourth-order valence-corrected chi connectivity index (χ4v) is 2.75. The van der Waals surface area contributed by atoms with Crippen molar-refractivity contribution in [2.75, 3.05) is 13.1 Å². The summed E-state index contributed by atoms with van der Waals surface area (Å²) in [4.78, 5) is 37.0. The van der Waals surface area contributed by atoms with Crippen molar-refractivity contribution in [2.45, 2.75) is 64.4 Å². The zero-order valence-electron chi connectivity index (χ0n) is 17.1. The number of ether oxygens (including phenoxy) is 1. The van der Waals surface area contributed by atoms with Crippen LogP contribution in [-0.2, 0) is 16.1 Å². The first-order valence-electron chi connectivity index (χ1n) is 9.40. The molecular weight excluding hydrogens is 382 g/mol. The second-order valence-corrected chi connectivity index (χ2v) is 7.90. The molecule has 2 heterocycles. The molecule has 29 heavy (non-hydrogen) atoms. The molecule has 1 aliphatic rings. The van der Waals surface area contributed by atoms with E-state index in [2.05, 4.69) is 20.8 Å². The normalized spacial score (nSPS) is 19.7. The van der Waals surface area contributed by atoms with Gasteiger partial charge in [0.05, 0.1) is 24.8 Å². The molecule has 12 nitrogen and oxygen atoms in total. The van der Waals surface area contributed by atoms with Gasteiger partial charge in [-0.05, 0) is 34.1 Å². The van der Waals surface area contributed by atoms with Gasteiger partial charge in [0.2, 0.25) is 5.91 Å². The fourth-order valence-electron chi connectivity index (χ4n) is 2.75. The lowest BCUT2D eigenvalue weighted by Crippen LogP contribution is -2.68. The van der Waals surface area contributed by atoms with Crippen molar-refractivity contribution >= 4 is 18.1 Å². The van der Waals surface area contributed by atoms with E-state index in [4.69, 9.17) is 10.5 Å². The molecule has 1 aliphatic heterocycles. The summed E-state index contributed by atoms with van der Waals surface area (Å²) >= 11 is 0. The number of nitrogens with two attached hydrogens (primary N) is 1. The van der Waals surface area contributed by atoms with E-state index < -0.39 is 29.9 Å². The smallest absolute Gasteiger partial charge is 0.407 e. The zero-order chi connectivity index (χ0) is 21.8. The number of hydrogen-bond donors (Lipinski definition) is 4. The van der Waals surface area contributed by atoms with E-state index >= 15 is 0 Å². The molecule has 0 aliphatic carbocycles. The Hall–Kier alpha value is -2.89. The van der Waals surface area contributed by atoms with E-state index in [0.717, 1.165) is 0 Å². The van der Waals surface area contributed by atoms with Crippen LogP contribution in [0.2, 0.25) is 0 Å². The number of β-lactam (4-membered cyclic amide) rings is 1. The van der Waals surface area contributed by atoms with Gasteiger partial charge in [0.25, 0.3) is 0 Å². The Morgan fingerprint density at radius 1 is 1.48 bits per heavy atom. The van der Waals surface area contributed by atoms with Crippen LogP contribution in [0.15, 0.2) is 6.20 Å². The van der Waals surface area contributed by atoms with Gasteiger partial charge >= 0.3 is 12.2 Å². The Kier molecular flexibility index (Phi) is 7.01. The molecule has 0 radical (unpaired) electrons.